The zero-order chi connectivity index (χ0) is 7.11. The summed E-state index contributed by atoms with van der Waals surface area (Å²) in [5.74, 6) is 0.494. The quantitative estimate of drug-likeness (QED) is 0.449. The summed E-state index contributed by atoms with van der Waals surface area (Å²) in [7, 11) is 0. The van der Waals surface area contributed by atoms with Gasteiger partial charge in [0, 0.05) is 0 Å². The Labute approximate surface area is 55.8 Å². The van der Waals surface area contributed by atoms with Gasteiger partial charge in [0.2, 0.25) is 0 Å². The lowest BCUT2D eigenvalue weighted by molar-refractivity contribution is 1.20. The minimum atomic E-state index is 0.494. The highest BCUT2D eigenvalue weighted by molar-refractivity contribution is 5.27. The van der Waals surface area contributed by atoms with Gasteiger partial charge in [-0.1, -0.05) is 12.2 Å². The minimum Gasteiger partial charge on any atom is -0.384 e. The first-order valence-electron chi connectivity index (χ1n) is 2.84. The van der Waals surface area contributed by atoms with Gasteiger partial charge in [-0.05, 0) is 26.1 Å². The van der Waals surface area contributed by atoms with Gasteiger partial charge in [0.25, 0.3) is 0 Å². The first-order valence-corrected chi connectivity index (χ1v) is 2.84. The van der Waals surface area contributed by atoms with Crippen LogP contribution in [0.5, 0.6) is 0 Å². The van der Waals surface area contributed by atoms with E-state index in [1.807, 2.05) is 25.2 Å². The second-order valence-electron chi connectivity index (χ2n) is 1.59. The van der Waals surface area contributed by atoms with Crippen LogP contribution in [0.15, 0.2) is 29.0 Å². The number of hydrogen-bond donors (Lipinski definition) is 1. The lowest BCUT2D eigenvalue weighted by Crippen LogP contribution is -1.90. The van der Waals surface area contributed by atoms with Crippen molar-refractivity contribution in [2.75, 3.05) is 0 Å². The maximum Gasteiger partial charge on any atom is 0.118 e. The standard InChI is InChI=1S/C7H12N2/c1-3-4-5-6-7(8)9-2/h3-4,6H,2,5,8H2,1H3/b4-3-,7-6-. The van der Waals surface area contributed by atoms with Crippen molar-refractivity contribution < 1.29 is 0 Å². The van der Waals surface area contributed by atoms with Crippen molar-refractivity contribution in [2.45, 2.75) is 13.3 Å². The molecule has 0 aliphatic rings. The highest BCUT2D eigenvalue weighted by atomic mass is 14.9. The lowest BCUT2D eigenvalue weighted by Gasteiger charge is -1.85. The summed E-state index contributed by atoms with van der Waals surface area (Å²) in [5, 5.41) is 0. The van der Waals surface area contributed by atoms with Gasteiger partial charge in [-0.15, -0.1) is 0 Å². The number of rotatable bonds is 3. The van der Waals surface area contributed by atoms with E-state index in [9.17, 15) is 0 Å². The molecule has 0 aromatic carbocycles. The molecule has 0 saturated carbocycles. The molecule has 0 unspecified atom stereocenters. The van der Waals surface area contributed by atoms with Gasteiger partial charge in [-0.25, -0.2) is 4.99 Å². The van der Waals surface area contributed by atoms with Crippen LogP contribution in [0, 0.1) is 0 Å². The summed E-state index contributed by atoms with van der Waals surface area (Å²) in [4.78, 5) is 3.52. The van der Waals surface area contributed by atoms with Crippen molar-refractivity contribution in [3.8, 4) is 0 Å². The molecule has 0 bridgehead atoms. The predicted molar refractivity (Wildman–Crippen MR) is 41.3 cm³/mol. The Morgan fingerprint density at radius 1 is 1.78 bits per heavy atom. The van der Waals surface area contributed by atoms with Crippen LogP contribution < -0.4 is 5.73 Å². The molecule has 0 aliphatic carbocycles. The fourth-order valence-electron chi connectivity index (χ4n) is 0.389. The summed E-state index contributed by atoms with van der Waals surface area (Å²) >= 11 is 0. The van der Waals surface area contributed by atoms with Crippen LogP contribution in [0.2, 0.25) is 0 Å². The Hall–Kier alpha value is -1.05. The van der Waals surface area contributed by atoms with Crippen LogP contribution in [0.3, 0.4) is 0 Å². The van der Waals surface area contributed by atoms with Crippen LogP contribution in [0.1, 0.15) is 13.3 Å². The molecule has 0 atom stereocenters. The van der Waals surface area contributed by atoms with E-state index in [0.29, 0.717) is 5.82 Å². The maximum atomic E-state index is 5.31. The molecule has 50 valence electrons. The Bertz CT molecular complexity index is 134. The van der Waals surface area contributed by atoms with E-state index < -0.39 is 0 Å². The molecule has 0 saturated heterocycles. The number of hydrogen-bond acceptors (Lipinski definition) is 2. The fraction of sp³-hybridized carbons (Fsp3) is 0.286. The molecule has 0 aliphatic heterocycles. The van der Waals surface area contributed by atoms with Crippen LogP contribution in [0.4, 0.5) is 0 Å². The molecule has 0 aromatic heterocycles. The van der Waals surface area contributed by atoms with Crippen molar-refractivity contribution in [1.82, 2.24) is 0 Å². The molecule has 0 aromatic rings. The molecule has 0 rings (SSSR count). The van der Waals surface area contributed by atoms with Gasteiger partial charge in [-0.2, -0.15) is 0 Å². The second-order valence-corrected chi connectivity index (χ2v) is 1.59. The lowest BCUT2D eigenvalue weighted by atomic mass is 10.3. The number of aliphatic imine (C=N–C) groups is 1. The summed E-state index contributed by atoms with van der Waals surface area (Å²) in [6.07, 6.45) is 6.61. The summed E-state index contributed by atoms with van der Waals surface area (Å²) in [6, 6.07) is 0. The smallest absolute Gasteiger partial charge is 0.118 e. The van der Waals surface area contributed by atoms with Gasteiger partial charge in [-0.3, -0.25) is 0 Å². The third kappa shape index (κ3) is 4.81. The molecule has 0 radical (unpaired) electrons. The van der Waals surface area contributed by atoms with Crippen molar-refractivity contribution in [3.63, 3.8) is 0 Å². The van der Waals surface area contributed by atoms with E-state index >= 15 is 0 Å². The first kappa shape index (κ1) is 7.95. The summed E-state index contributed by atoms with van der Waals surface area (Å²) in [6.45, 7) is 5.24. The third-order valence-corrected chi connectivity index (χ3v) is 0.881. The van der Waals surface area contributed by atoms with Gasteiger partial charge >= 0.3 is 0 Å². The SMILES string of the molecule is C=N/C(N)=C\C/C=C\C. The van der Waals surface area contributed by atoms with Crippen molar-refractivity contribution in [3.05, 3.63) is 24.0 Å². The average Bonchev–Trinajstić information content (AvgIpc) is 1.89. The Balaban J connectivity index is 3.56. The molecular formula is C7H12N2. The minimum absolute atomic E-state index is 0.494. The van der Waals surface area contributed by atoms with E-state index in [0.717, 1.165) is 6.42 Å². The zero-order valence-electron chi connectivity index (χ0n) is 5.67. The van der Waals surface area contributed by atoms with Crippen molar-refractivity contribution in [1.29, 1.82) is 0 Å². The largest absolute Gasteiger partial charge is 0.384 e. The van der Waals surface area contributed by atoms with Crippen molar-refractivity contribution in [2.24, 2.45) is 10.7 Å². The average molecular weight is 124 g/mol. The van der Waals surface area contributed by atoms with Gasteiger partial charge in [0.05, 0.1) is 0 Å². The monoisotopic (exact) mass is 124 g/mol. The molecule has 2 nitrogen and oxygen atoms in total. The van der Waals surface area contributed by atoms with E-state index in [1.54, 1.807) is 0 Å². The predicted octanol–water partition coefficient (Wildman–Crippen LogP) is 1.45. The third-order valence-electron chi connectivity index (χ3n) is 0.881. The summed E-state index contributed by atoms with van der Waals surface area (Å²) in [5.41, 5.74) is 5.31. The molecule has 9 heavy (non-hydrogen) atoms. The second kappa shape index (κ2) is 5.09. The van der Waals surface area contributed by atoms with E-state index in [4.69, 9.17) is 5.73 Å². The van der Waals surface area contributed by atoms with Crippen LogP contribution in [-0.2, 0) is 0 Å². The maximum absolute atomic E-state index is 5.31. The van der Waals surface area contributed by atoms with Gasteiger partial charge in [0.15, 0.2) is 0 Å². The first-order chi connectivity index (χ1) is 4.31. The van der Waals surface area contributed by atoms with Crippen LogP contribution >= 0.6 is 0 Å². The summed E-state index contributed by atoms with van der Waals surface area (Å²) < 4.78 is 0. The highest BCUT2D eigenvalue weighted by Crippen LogP contribution is 1.89. The van der Waals surface area contributed by atoms with Crippen LogP contribution in [0.25, 0.3) is 0 Å². The highest BCUT2D eigenvalue weighted by Gasteiger charge is 1.76. The molecule has 0 fully saturated rings. The van der Waals surface area contributed by atoms with E-state index in [2.05, 4.69) is 11.7 Å². The molecule has 0 spiro atoms. The zero-order valence-corrected chi connectivity index (χ0v) is 5.67. The topological polar surface area (TPSA) is 38.4 Å². The van der Waals surface area contributed by atoms with Crippen LogP contribution in [-0.4, -0.2) is 6.72 Å². The van der Waals surface area contributed by atoms with E-state index in [-0.39, 0.29) is 0 Å². The molecular weight excluding hydrogens is 112 g/mol. The van der Waals surface area contributed by atoms with E-state index in [1.165, 1.54) is 0 Å². The molecule has 2 N–H and O–H groups in total. The molecule has 0 amide bonds. The Morgan fingerprint density at radius 2 is 2.44 bits per heavy atom. The fourth-order valence-corrected chi connectivity index (χ4v) is 0.389. The van der Waals surface area contributed by atoms with Gasteiger partial charge in [0.1, 0.15) is 5.82 Å². The van der Waals surface area contributed by atoms with Crippen molar-refractivity contribution >= 4 is 6.72 Å². The molecule has 0 heterocycles. The Kier molecular flexibility index (Phi) is 4.50. The number of nitrogens with zero attached hydrogens (tertiary/aromatic N) is 1. The number of allylic oxidation sites excluding steroid dienone is 3. The number of nitrogens with two attached hydrogens (primary N) is 1. The molecule has 2 heteroatoms. The Morgan fingerprint density at radius 3 is 2.89 bits per heavy atom. The van der Waals surface area contributed by atoms with Gasteiger partial charge < -0.3 is 5.73 Å². The normalized spacial score (nSPS) is 12.3.